The Kier molecular flexibility index (Phi) is 4.10. The van der Waals surface area contributed by atoms with Crippen molar-refractivity contribution in [2.75, 3.05) is 0 Å². The Labute approximate surface area is 114 Å². The molecule has 1 aromatic rings. The van der Waals surface area contributed by atoms with Gasteiger partial charge in [-0.15, -0.1) is 0 Å². The first-order valence-electron chi connectivity index (χ1n) is 6.93. The fourth-order valence-electron chi connectivity index (χ4n) is 2.65. The van der Waals surface area contributed by atoms with Crippen molar-refractivity contribution < 1.29 is 5.21 Å². The van der Waals surface area contributed by atoms with Crippen molar-refractivity contribution in [1.29, 1.82) is 0 Å². The van der Waals surface area contributed by atoms with Gasteiger partial charge in [0.2, 0.25) is 0 Å². The Morgan fingerprint density at radius 3 is 2.68 bits per heavy atom. The highest BCUT2D eigenvalue weighted by molar-refractivity contribution is 5.97. The lowest BCUT2D eigenvalue weighted by atomic mass is 9.75. The normalized spacial score (nSPS) is 18.1. The number of nitrogens with one attached hydrogen (secondary N) is 1. The molecule has 0 radical (unpaired) electrons. The molecule has 0 spiro atoms. The molecule has 0 aromatic heterocycles. The summed E-state index contributed by atoms with van der Waals surface area (Å²) in [5.41, 5.74) is 9.15. The molecule has 0 amide bonds. The van der Waals surface area contributed by atoms with Crippen LogP contribution in [0.15, 0.2) is 23.4 Å². The van der Waals surface area contributed by atoms with Crippen LogP contribution < -0.4 is 11.1 Å². The van der Waals surface area contributed by atoms with Gasteiger partial charge >= 0.3 is 0 Å². The molecule has 0 aliphatic heterocycles. The minimum absolute atomic E-state index is 0.159. The number of rotatable bonds is 5. The van der Waals surface area contributed by atoms with Crippen molar-refractivity contribution in [2.24, 2.45) is 10.9 Å². The lowest BCUT2D eigenvalue weighted by Gasteiger charge is -2.42. The van der Waals surface area contributed by atoms with E-state index in [1.807, 2.05) is 12.1 Å². The quantitative estimate of drug-likeness (QED) is 0.330. The van der Waals surface area contributed by atoms with Gasteiger partial charge in [-0.1, -0.05) is 24.2 Å². The van der Waals surface area contributed by atoms with Crippen LogP contribution in [0.2, 0.25) is 0 Å². The molecule has 1 aromatic carbocycles. The average Bonchev–Trinajstić information content (AvgIpc) is 2.38. The first-order chi connectivity index (χ1) is 9.10. The minimum atomic E-state index is 0.159. The maximum absolute atomic E-state index is 8.68. The lowest BCUT2D eigenvalue weighted by Crippen LogP contribution is -2.49. The van der Waals surface area contributed by atoms with Crippen molar-refractivity contribution in [3.8, 4) is 0 Å². The predicted molar refractivity (Wildman–Crippen MR) is 77.4 cm³/mol. The monoisotopic (exact) mass is 261 g/mol. The van der Waals surface area contributed by atoms with Gasteiger partial charge in [0.15, 0.2) is 5.84 Å². The second kappa shape index (κ2) is 5.61. The molecule has 1 aliphatic carbocycles. The van der Waals surface area contributed by atoms with Gasteiger partial charge in [-0.05, 0) is 49.8 Å². The van der Waals surface area contributed by atoms with Crippen LogP contribution in [0.4, 0.5) is 0 Å². The summed E-state index contributed by atoms with van der Waals surface area (Å²) in [5, 5.41) is 15.4. The van der Waals surface area contributed by atoms with Gasteiger partial charge in [0.05, 0.1) is 0 Å². The van der Waals surface area contributed by atoms with E-state index in [-0.39, 0.29) is 5.84 Å². The molecule has 104 valence electrons. The smallest absolute Gasteiger partial charge is 0.170 e. The third-order valence-corrected chi connectivity index (χ3v) is 4.39. The zero-order chi connectivity index (χ0) is 13.9. The van der Waals surface area contributed by atoms with E-state index in [4.69, 9.17) is 10.9 Å². The zero-order valence-electron chi connectivity index (χ0n) is 11.7. The second-order valence-corrected chi connectivity index (χ2v) is 5.47. The number of benzene rings is 1. The molecule has 0 unspecified atom stereocenters. The Morgan fingerprint density at radius 2 is 2.21 bits per heavy atom. The highest BCUT2D eigenvalue weighted by Crippen LogP contribution is 2.34. The Hall–Kier alpha value is -1.55. The maximum atomic E-state index is 8.68. The molecule has 4 nitrogen and oxygen atoms in total. The summed E-state index contributed by atoms with van der Waals surface area (Å²) in [7, 11) is 0. The molecular weight excluding hydrogens is 238 g/mol. The number of nitrogens with zero attached hydrogens (tertiary/aromatic N) is 1. The van der Waals surface area contributed by atoms with Crippen molar-refractivity contribution in [3.05, 3.63) is 34.9 Å². The van der Waals surface area contributed by atoms with Crippen LogP contribution in [-0.4, -0.2) is 16.6 Å². The average molecular weight is 261 g/mol. The van der Waals surface area contributed by atoms with Gasteiger partial charge in [0.1, 0.15) is 0 Å². The lowest BCUT2D eigenvalue weighted by molar-refractivity contribution is 0.175. The van der Waals surface area contributed by atoms with E-state index in [1.54, 1.807) is 0 Å². The molecule has 0 saturated heterocycles. The molecule has 0 bridgehead atoms. The van der Waals surface area contributed by atoms with Crippen LogP contribution in [0.5, 0.6) is 0 Å². The van der Waals surface area contributed by atoms with Gasteiger partial charge in [-0.2, -0.15) is 0 Å². The summed E-state index contributed by atoms with van der Waals surface area (Å²) in [6, 6.07) is 5.92. The van der Waals surface area contributed by atoms with Gasteiger partial charge in [-0.25, -0.2) is 0 Å². The van der Waals surface area contributed by atoms with E-state index in [1.165, 1.54) is 36.8 Å². The molecule has 0 heterocycles. The third kappa shape index (κ3) is 2.89. The molecule has 1 saturated carbocycles. The molecule has 2 rings (SSSR count). The topological polar surface area (TPSA) is 70.6 Å². The Balaban J connectivity index is 2.05. The minimum Gasteiger partial charge on any atom is -0.409 e. The Bertz CT molecular complexity index is 473. The fourth-order valence-corrected chi connectivity index (χ4v) is 2.65. The molecule has 1 aliphatic rings. The summed E-state index contributed by atoms with van der Waals surface area (Å²) in [4.78, 5) is 0. The van der Waals surface area contributed by atoms with E-state index in [0.717, 1.165) is 12.1 Å². The van der Waals surface area contributed by atoms with Crippen LogP contribution in [0, 0.1) is 6.92 Å². The van der Waals surface area contributed by atoms with Gasteiger partial charge in [-0.3, -0.25) is 0 Å². The van der Waals surface area contributed by atoms with E-state index < -0.39 is 0 Å². The van der Waals surface area contributed by atoms with E-state index >= 15 is 0 Å². The summed E-state index contributed by atoms with van der Waals surface area (Å²) in [5.74, 6) is 0.159. The van der Waals surface area contributed by atoms with Gasteiger partial charge < -0.3 is 16.3 Å². The van der Waals surface area contributed by atoms with Crippen molar-refractivity contribution >= 4 is 5.84 Å². The van der Waals surface area contributed by atoms with E-state index in [0.29, 0.717) is 5.54 Å². The number of amidine groups is 1. The summed E-state index contributed by atoms with van der Waals surface area (Å²) in [6.07, 6.45) is 5.09. The SMILES string of the molecule is CCC1(NCc2ccc(/C(N)=N/O)cc2C)CCC1. The van der Waals surface area contributed by atoms with Crippen LogP contribution in [0.1, 0.15) is 49.3 Å². The Morgan fingerprint density at radius 1 is 1.47 bits per heavy atom. The number of oxime groups is 1. The van der Waals surface area contributed by atoms with Gasteiger partial charge in [0.25, 0.3) is 0 Å². The van der Waals surface area contributed by atoms with Crippen LogP contribution in [0.25, 0.3) is 0 Å². The third-order valence-electron chi connectivity index (χ3n) is 4.39. The highest BCUT2D eigenvalue weighted by Gasteiger charge is 2.34. The summed E-state index contributed by atoms with van der Waals surface area (Å²) < 4.78 is 0. The van der Waals surface area contributed by atoms with Crippen molar-refractivity contribution in [1.82, 2.24) is 5.32 Å². The first kappa shape index (κ1) is 13.9. The van der Waals surface area contributed by atoms with Crippen molar-refractivity contribution in [2.45, 2.75) is 51.6 Å². The van der Waals surface area contributed by atoms with Crippen LogP contribution in [0.3, 0.4) is 0 Å². The van der Waals surface area contributed by atoms with Crippen LogP contribution in [-0.2, 0) is 6.54 Å². The number of nitrogens with two attached hydrogens (primary N) is 1. The van der Waals surface area contributed by atoms with E-state index in [9.17, 15) is 0 Å². The number of hydrogen-bond acceptors (Lipinski definition) is 3. The van der Waals surface area contributed by atoms with Crippen molar-refractivity contribution in [3.63, 3.8) is 0 Å². The predicted octanol–water partition coefficient (Wildman–Crippen LogP) is 2.51. The fraction of sp³-hybridized carbons (Fsp3) is 0.533. The van der Waals surface area contributed by atoms with E-state index in [2.05, 4.69) is 30.4 Å². The zero-order valence-corrected chi connectivity index (χ0v) is 11.7. The summed E-state index contributed by atoms with van der Waals surface area (Å²) >= 11 is 0. The van der Waals surface area contributed by atoms with Gasteiger partial charge in [0, 0.05) is 17.6 Å². The molecule has 19 heavy (non-hydrogen) atoms. The second-order valence-electron chi connectivity index (χ2n) is 5.47. The molecule has 0 atom stereocenters. The maximum Gasteiger partial charge on any atom is 0.170 e. The molecule has 1 fully saturated rings. The number of aryl methyl sites for hydroxylation is 1. The standard InChI is InChI=1S/C15H23N3O/c1-3-15(7-4-8-15)17-10-13-6-5-12(9-11(13)2)14(16)18-19/h5-6,9,17,19H,3-4,7-8,10H2,1-2H3,(H2,16,18). The van der Waals surface area contributed by atoms with Crippen LogP contribution >= 0.6 is 0 Å². The number of hydrogen-bond donors (Lipinski definition) is 3. The highest BCUT2D eigenvalue weighted by atomic mass is 16.4. The molecular formula is C15H23N3O. The summed E-state index contributed by atoms with van der Waals surface area (Å²) in [6.45, 7) is 5.20. The first-order valence-corrected chi connectivity index (χ1v) is 6.93. The molecule has 4 heteroatoms. The molecule has 4 N–H and O–H groups in total. The largest absolute Gasteiger partial charge is 0.409 e.